The highest BCUT2D eigenvalue weighted by Gasteiger charge is 2.68. The lowest BCUT2D eigenvalue weighted by Crippen LogP contribution is -2.66. The van der Waals surface area contributed by atoms with Crippen molar-refractivity contribution < 1.29 is 19.1 Å². The van der Waals surface area contributed by atoms with Crippen molar-refractivity contribution >= 4 is 17.3 Å². The molecule has 2 aliphatic heterocycles. The van der Waals surface area contributed by atoms with Crippen LogP contribution in [0.1, 0.15) is 139 Å². The number of rotatable bonds is 14. The van der Waals surface area contributed by atoms with Crippen LogP contribution in [0.3, 0.4) is 0 Å². The predicted octanol–water partition coefficient (Wildman–Crippen LogP) is 8.20. The summed E-state index contributed by atoms with van der Waals surface area (Å²) in [7, 11) is 0. The Morgan fingerprint density at radius 1 is 1.10 bits per heavy atom. The number of Topliss-reactive ketones (excluding diaryl/α,β-unsaturated/α-hetero) is 2. The van der Waals surface area contributed by atoms with Crippen LogP contribution in [-0.2, 0) is 4.79 Å². The summed E-state index contributed by atoms with van der Waals surface area (Å²) in [4.78, 5) is 31.3. The van der Waals surface area contributed by atoms with Crippen LogP contribution in [0.2, 0.25) is 0 Å². The average molecular weight is 552 g/mol. The Kier molecular flexibility index (Phi) is 8.45. The Morgan fingerprint density at radius 2 is 1.82 bits per heavy atom. The van der Waals surface area contributed by atoms with Crippen molar-refractivity contribution in [3.8, 4) is 0 Å². The molecule has 3 aliphatic carbocycles. The van der Waals surface area contributed by atoms with E-state index in [2.05, 4.69) is 39.8 Å². The van der Waals surface area contributed by atoms with Crippen LogP contribution in [0.4, 0.5) is 4.39 Å². The van der Waals surface area contributed by atoms with Crippen molar-refractivity contribution in [1.82, 2.24) is 0 Å². The molecule has 3 saturated carbocycles. The first-order valence-corrected chi connectivity index (χ1v) is 16.2. The van der Waals surface area contributed by atoms with Crippen LogP contribution in [0, 0.1) is 23.2 Å². The van der Waals surface area contributed by atoms with Gasteiger partial charge in [-0.2, -0.15) is 0 Å². The first-order valence-electron chi connectivity index (χ1n) is 16.2. The van der Waals surface area contributed by atoms with Crippen molar-refractivity contribution in [3.63, 3.8) is 0 Å². The normalized spacial score (nSPS) is 33.2. The van der Waals surface area contributed by atoms with Gasteiger partial charge in [-0.15, -0.1) is 0 Å². The number of ketones is 2. The van der Waals surface area contributed by atoms with Gasteiger partial charge in [0.25, 0.3) is 0 Å². The molecule has 220 valence electrons. The zero-order valence-electron chi connectivity index (χ0n) is 25.2. The van der Waals surface area contributed by atoms with Gasteiger partial charge in [0, 0.05) is 35.4 Å². The second-order valence-electron chi connectivity index (χ2n) is 14.1. The molecule has 3 fully saturated rings. The van der Waals surface area contributed by atoms with Gasteiger partial charge in [-0.1, -0.05) is 64.3 Å². The molecule has 7 unspecified atom stereocenters. The molecule has 5 aliphatic rings. The number of nitrogens with zero attached hydrogens (tertiary/aromatic N) is 1. The number of carbonyl (C=O) groups is 2. The molecule has 40 heavy (non-hydrogen) atoms. The van der Waals surface area contributed by atoms with Gasteiger partial charge in [0.1, 0.15) is 11.8 Å². The maximum Gasteiger partial charge on any atom is 0.165 e. The van der Waals surface area contributed by atoms with Gasteiger partial charge in [-0.3, -0.25) is 14.6 Å². The molecule has 1 aromatic carbocycles. The lowest BCUT2D eigenvalue weighted by atomic mass is 9.39. The molecular weight excluding hydrogens is 501 g/mol. The molecule has 7 atom stereocenters. The standard InChI is InChI=1S/C35H50FNO3/c1-5-7-8-24(10-9-23(3)20-30(38)35(40)18-19-35)31(39)25-11-13-26(14-12-25)32-33(4)22-34(32,17-6-2)28-21-27(36)15-16-29(28)37-33/h11-14,23-24,27-28,32,40H,5-10,15-22H2,1-4H3. The van der Waals surface area contributed by atoms with Crippen LogP contribution in [0.5, 0.6) is 0 Å². The fourth-order valence-corrected chi connectivity index (χ4v) is 8.79. The molecule has 6 rings (SSSR count). The molecule has 2 heterocycles. The average Bonchev–Trinajstić information content (AvgIpc) is 3.67. The summed E-state index contributed by atoms with van der Waals surface area (Å²) in [6, 6.07) is 8.36. The summed E-state index contributed by atoms with van der Waals surface area (Å²) in [6.07, 6.45) is 10.6. The Hall–Kier alpha value is -1.88. The minimum atomic E-state index is -1.06. The van der Waals surface area contributed by atoms with Crippen molar-refractivity contribution in [2.45, 2.75) is 141 Å². The summed E-state index contributed by atoms with van der Waals surface area (Å²) >= 11 is 0. The number of alkyl halides is 1. The topological polar surface area (TPSA) is 66.7 Å². The van der Waals surface area contributed by atoms with Crippen LogP contribution in [-0.4, -0.2) is 39.7 Å². The highest BCUT2D eigenvalue weighted by atomic mass is 19.1. The SMILES string of the molecule is CCCCC(CCC(C)CC(=O)C1(O)CC1)C(=O)c1ccc(C2C3(C)CC2(CCC)C2CC(F)CCC2=N3)cc1. The molecule has 2 bridgehead atoms. The fraction of sp³-hybridized carbons (Fsp3) is 0.743. The van der Waals surface area contributed by atoms with Crippen LogP contribution >= 0.6 is 0 Å². The van der Waals surface area contributed by atoms with Crippen LogP contribution < -0.4 is 0 Å². The van der Waals surface area contributed by atoms with Gasteiger partial charge >= 0.3 is 0 Å². The lowest BCUT2D eigenvalue weighted by Gasteiger charge is -2.68. The zero-order valence-corrected chi connectivity index (χ0v) is 25.2. The van der Waals surface area contributed by atoms with Gasteiger partial charge in [0.2, 0.25) is 0 Å². The molecule has 1 aromatic rings. The monoisotopic (exact) mass is 551 g/mol. The molecule has 0 aromatic heterocycles. The molecule has 4 nitrogen and oxygen atoms in total. The van der Waals surface area contributed by atoms with Crippen LogP contribution in [0.25, 0.3) is 0 Å². The molecule has 1 N–H and O–H groups in total. The van der Waals surface area contributed by atoms with E-state index in [9.17, 15) is 19.1 Å². The van der Waals surface area contributed by atoms with Gasteiger partial charge in [-0.25, -0.2) is 4.39 Å². The number of hydrogen-bond acceptors (Lipinski definition) is 4. The number of benzene rings is 1. The Balaban J connectivity index is 1.29. The summed E-state index contributed by atoms with van der Waals surface area (Å²) in [5.74, 6) is 0.815. The number of carbonyl (C=O) groups excluding carboxylic acids is 2. The highest BCUT2D eigenvalue weighted by molar-refractivity contribution is 5.98. The van der Waals surface area contributed by atoms with Gasteiger partial charge in [0.05, 0.1) is 5.54 Å². The zero-order chi connectivity index (χ0) is 28.7. The number of aliphatic hydroxyl groups is 1. The number of unbranched alkanes of at least 4 members (excludes halogenated alkanes) is 1. The van der Waals surface area contributed by atoms with Gasteiger partial charge < -0.3 is 5.11 Å². The summed E-state index contributed by atoms with van der Waals surface area (Å²) < 4.78 is 14.6. The van der Waals surface area contributed by atoms with E-state index in [4.69, 9.17) is 4.99 Å². The van der Waals surface area contributed by atoms with Crippen LogP contribution in [0.15, 0.2) is 29.3 Å². The van der Waals surface area contributed by atoms with Crippen molar-refractivity contribution in [3.05, 3.63) is 35.4 Å². The van der Waals surface area contributed by atoms with Crippen molar-refractivity contribution in [2.24, 2.45) is 28.2 Å². The second-order valence-corrected chi connectivity index (χ2v) is 14.1. The van der Waals surface area contributed by atoms with Gasteiger partial charge in [-0.05, 0) is 88.0 Å². The van der Waals surface area contributed by atoms with E-state index in [1.807, 2.05) is 12.1 Å². The van der Waals surface area contributed by atoms with E-state index in [0.717, 1.165) is 63.4 Å². The Bertz CT molecular complexity index is 1120. The summed E-state index contributed by atoms with van der Waals surface area (Å²) in [5, 5.41) is 10.1. The third kappa shape index (κ3) is 5.49. The fourth-order valence-electron chi connectivity index (χ4n) is 8.79. The first-order chi connectivity index (χ1) is 19.0. The molecular formula is C35H50FNO3. The van der Waals surface area contributed by atoms with E-state index in [0.29, 0.717) is 32.1 Å². The third-order valence-electron chi connectivity index (χ3n) is 10.9. The molecule has 0 radical (unpaired) electrons. The van der Waals surface area contributed by atoms with E-state index in [-0.39, 0.29) is 46.2 Å². The minimum absolute atomic E-state index is 0.0333. The van der Waals surface area contributed by atoms with E-state index < -0.39 is 11.8 Å². The molecule has 5 heteroatoms. The number of aliphatic imine (C=N–C) groups is 1. The largest absolute Gasteiger partial charge is 0.382 e. The maximum absolute atomic E-state index is 14.6. The molecule has 0 saturated heterocycles. The highest BCUT2D eigenvalue weighted by Crippen LogP contribution is 2.71. The first kappa shape index (κ1) is 29.6. The van der Waals surface area contributed by atoms with E-state index in [1.165, 1.54) is 11.3 Å². The molecule has 0 spiro atoms. The second kappa shape index (κ2) is 11.4. The molecule has 0 amide bonds. The maximum atomic E-state index is 14.6. The number of hydrogen-bond donors (Lipinski definition) is 1. The Morgan fingerprint density at radius 3 is 2.48 bits per heavy atom. The van der Waals surface area contributed by atoms with Gasteiger partial charge in [0.15, 0.2) is 11.6 Å². The summed E-state index contributed by atoms with van der Waals surface area (Å²) in [6.45, 7) is 8.74. The minimum Gasteiger partial charge on any atom is -0.382 e. The predicted molar refractivity (Wildman–Crippen MR) is 159 cm³/mol. The quantitative estimate of drug-likeness (QED) is 0.237. The Labute approximate surface area is 240 Å². The van der Waals surface area contributed by atoms with E-state index >= 15 is 0 Å². The van der Waals surface area contributed by atoms with E-state index in [1.54, 1.807) is 0 Å². The van der Waals surface area contributed by atoms with Crippen molar-refractivity contribution in [2.75, 3.05) is 0 Å². The third-order valence-corrected chi connectivity index (χ3v) is 10.9. The smallest absolute Gasteiger partial charge is 0.165 e. The van der Waals surface area contributed by atoms with Crippen molar-refractivity contribution in [1.29, 1.82) is 0 Å². The lowest BCUT2D eigenvalue weighted by molar-refractivity contribution is -0.130. The number of halogens is 1. The summed E-state index contributed by atoms with van der Waals surface area (Å²) in [5.41, 5.74) is 2.18.